The van der Waals surface area contributed by atoms with Gasteiger partial charge >= 0.3 is 0 Å². The molecule has 0 spiro atoms. The molecule has 1 aliphatic rings. The Balaban J connectivity index is 2.15. The molecule has 0 saturated heterocycles. The van der Waals surface area contributed by atoms with Gasteiger partial charge in [-0.25, -0.2) is 4.98 Å². The van der Waals surface area contributed by atoms with Gasteiger partial charge in [-0.15, -0.1) is 0 Å². The van der Waals surface area contributed by atoms with E-state index in [1.54, 1.807) is 0 Å². The Morgan fingerprint density at radius 2 is 2.24 bits per heavy atom. The normalized spacial score (nSPS) is 17.6. The molecule has 1 saturated carbocycles. The van der Waals surface area contributed by atoms with E-state index in [4.69, 9.17) is 10.7 Å². The van der Waals surface area contributed by atoms with E-state index >= 15 is 0 Å². The van der Waals surface area contributed by atoms with E-state index < -0.39 is 0 Å². The highest BCUT2D eigenvalue weighted by Gasteiger charge is 2.28. The molecule has 1 unspecified atom stereocenters. The zero-order chi connectivity index (χ0) is 12.0. The van der Waals surface area contributed by atoms with E-state index in [1.165, 1.54) is 23.9 Å². The van der Waals surface area contributed by atoms with Gasteiger partial charge in [0.2, 0.25) is 0 Å². The fourth-order valence-electron chi connectivity index (χ4n) is 2.43. The highest BCUT2D eigenvalue weighted by atomic mass is 15.1. The summed E-state index contributed by atoms with van der Waals surface area (Å²) in [5.74, 6) is 1.16. The number of benzene rings is 1. The van der Waals surface area contributed by atoms with Crippen molar-refractivity contribution < 1.29 is 0 Å². The summed E-state index contributed by atoms with van der Waals surface area (Å²) in [7, 11) is 0. The smallest absolute Gasteiger partial charge is 0.111 e. The predicted molar refractivity (Wildman–Crippen MR) is 70.1 cm³/mol. The fraction of sp³-hybridized carbons (Fsp3) is 0.500. The van der Waals surface area contributed by atoms with Gasteiger partial charge in [-0.3, -0.25) is 0 Å². The third kappa shape index (κ3) is 1.95. The van der Waals surface area contributed by atoms with Crippen LogP contribution in [0.4, 0.5) is 0 Å². The van der Waals surface area contributed by atoms with Gasteiger partial charge in [0.1, 0.15) is 5.82 Å². The summed E-state index contributed by atoms with van der Waals surface area (Å²) in [6, 6.07) is 7.36. The van der Waals surface area contributed by atoms with E-state index in [0.29, 0.717) is 6.04 Å². The molecule has 17 heavy (non-hydrogen) atoms. The summed E-state index contributed by atoms with van der Waals surface area (Å²) in [6.07, 6.45) is 3.43. The van der Waals surface area contributed by atoms with Crippen LogP contribution < -0.4 is 5.73 Å². The van der Waals surface area contributed by atoms with E-state index in [9.17, 15) is 0 Å². The van der Waals surface area contributed by atoms with Crippen LogP contribution in [0.15, 0.2) is 18.2 Å². The van der Waals surface area contributed by atoms with Crippen LogP contribution in [0.2, 0.25) is 0 Å². The molecule has 1 atom stereocenters. The molecular weight excluding hydrogens is 210 g/mol. The molecule has 3 nitrogen and oxygen atoms in total. The minimum absolute atomic E-state index is 0.172. The highest BCUT2D eigenvalue weighted by Crippen LogP contribution is 2.38. The molecule has 0 amide bonds. The van der Waals surface area contributed by atoms with Gasteiger partial charge in [0.25, 0.3) is 0 Å². The quantitative estimate of drug-likeness (QED) is 0.879. The minimum Gasteiger partial charge on any atom is -0.328 e. The van der Waals surface area contributed by atoms with Gasteiger partial charge in [-0.05, 0) is 44.4 Å². The van der Waals surface area contributed by atoms with Crippen molar-refractivity contribution in [1.29, 1.82) is 0 Å². The minimum atomic E-state index is 0.172. The van der Waals surface area contributed by atoms with Crippen LogP contribution in [0.5, 0.6) is 0 Å². The SMILES string of the molecule is Cc1ccc2c(c1)nc(CC(C)N)n2C1CC1. The average molecular weight is 229 g/mol. The molecule has 3 heteroatoms. The molecule has 1 fully saturated rings. The van der Waals surface area contributed by atoms with Crippen LogP contribution in [-0.2, 0) is 6.42 Å². The van der Waals surface area contributed by atoms with Crippen molar-refractivity contribution in [2.45, 2.75) is 45.2 Å². The number of imidazole rings is 1. The zero-order valence-electron chi connectivity index (χ0n) is 10.5. The third-order valence-corrected chi connectivity index (χ3v) is 3.33. The van der Waals surface area contributed by atoms with E-state index in [0.717, 1.165) is 17.8 Å². The molecule has 1 aromatic carbocycles. The maximum absolute atomic E-state index is 5.91. The molecule has 1 heterocycles. The third-order valence-electron chi connectivity index (χ3n) is 3.33. The molecule has 1 aromatic heterocycles. The number of hydrogen-bond acceptors (Lipinski definition) is 2. The van der Waals surface area contributed by atoms with Crippen molar-refractivity contribution in [3.05, 3.63) is 29.6 Å². The van der Waals surface area contributed by atoms with Gasteiger partial charge in [-0.1, -0.05) is 6.07 Å². The Kier molecular flexibility index (Phi) is 2.44. The monoisotopic (exact) mass is 229 g/mol. The van der Waals surface area contributed by atoms with E-state index in [-0.39, 0.29) is 6.04 Å². The number of nitrogens with zero attached hydrogens (tertiary/aromatic N) is 2. The second-order valence-electron chi connectivity index (χ2n) is 5.30. The molecule has 2 N–H and O–H groups in total. The molecule has 2 aromatic rings. The molecule has 3 rings (SSSR count). The summed E-state index contributed by atoms with van der Waals surface area (Å²) in [5.41, 5.74) is 9.57. The van der Waals surface area contributed by atoms with E-state index in [1.807, 2.05) is 6.92 Å². The van der Waals surface area contributed by atoms with Gasteiger partial charge in [-0.2, -0.15) is 0 Å². The Bertz CT molecular complexity index is 550. The van der Waals surface area contributed by atoms with Crippen LogP contribution in [0.3, 0.4) is 0 Å². The summed E-state index contributed by atoms with van der Waals surface area (Å²) in [6.45, 7) is 4.16. The topological polar surface area (TPSA) is 43.8 Å². The van der Waals surface area contributed by atoms with Crippen LogP contribution in [0.1, 0.15) is 37.2 Å². The summed E-state index contributed by atoms with van der Waals surface area (Å²) < 4.78 is 2.40. The number of aryl methyl sites for hydroxylation is 1. The molecule has 0 aliphatic heterocycles. The van der Waals surface area contributed by atoms with E-state index in [2.05, 4.69) is 29.7 Å². The van der Waals surface area contributed by atoms with Crippen LogP contribution in [0, 0.1) is 6.92 Å². The molecular formula is C14H19N3. The highest BCUT2D eigenvalue weighted by molar-refractivity contribution is 5.77. The second-order valence-corrected chi connectivity index (χ2v) is 5.30. The fourth-order valence-corrected chi connectivity index (χ4v) is 2.43. The first-order chi connectivity index (χ1) is 8.15. The molecule has 90 valence electrons. The van der Waals surface area contributed by atoms with Crippen LogP contribution in [0.25, 0.3) is 11.0 Å². The van der Waals surface area contributed by atoms with Gasteiger partial charge in [0.15, 0.2) is 0 Å². The second kappa shape index (κ2) is 3.84. The molecule has 1 aliphatic carbocycles. The maximum atomic E-state index is 5.91. The number of fused-ring (bicyclic) bond motifs is 1. The Morgan fingerprint density at radius 3 is 2.88 bits per heavy atom. The number of hydrogen-bond donors (Lipinski definition) is 1. The molecule has 0 radical (unpaired) electrons. The van der Waals surface area contributed by atoms with Crippen molar-refractivity contribution in [3.8, 4) is 0 Å². The lowest BCUT2D eigenvalue weighted by Crippen LogP contribution is -2.20. The van der Waals surface area contributed by atoms with Crippen molar-refractivity contribution in [2.75, 3.05) is 0 Å². The number of rotatable bonds is 3. The van der Waals surface area contributed by atoms with Crippen LogP contribution in [-0.4, -0.2) is 15.6 Å². The van der Waals surface area contributed by atoms with Crippen LogP contribution >= 0.6 is 0 Å². The lowest BCUT2D eigenvalue weighted by atomic mass is 10.2. The lowest BCUT2D eigenvalue weighted by molar-refractivity contribution is 0.639. The zero-order valence-corrected chi connectivity index (χ0v) is 10.5. The number of nitrogens with two attached hydrogens (primary N) is 1. The van der Waals surface area contributed by atoms with Crippen molar-refractivity contribution in [2.24, 2.45) is 5.73 Å². The Labute approximate surface area is 102 Å². The van der Waals surface area contributed by atoms with Gasteiger partial charge in [0, 0.05) is 18.5 Å². The first-order valence-electron chi connectivity index (χ1n) is 6.38. The Morgan fingerprint density at radius 1 is 1.47 bits per heavy atom. The lowest BCUT2D eigenvalue weighted by Gasteiger charge is -2.09. The predicted octanol–water partition coefficient (Wildman–Crippen LogP) is 2.57. The molecule has 0 bridgehead atoms. The van der Waals surface area contributed by atoms with Gasteiger partial charge in [0.05, 0.1) is 11.0 Å². The Hall–Kier alpha value is -1.35. The maximum Gasteiger partial charge on any atom is 0.111 e. The van der Waals surface area contributed by atoms with Crippen molar-refractivity contribution in [3.63, 3.8) is 0 Å². The first kappa shape index (κ1) is 10.8. The average Bonchev–Trinajstić information content (AvgIpc) is 3.00. The van der Waals surface area contributed by atoms with Crippen molar-refractivity contribution in [1.82, 2.24) is 9.55 Å². The largest absolute Gasteiger partial charge is 0.328 e. The standard InChI is InChI=1S/C14H19N3/c1-9-3-6-13-12(7-9)16-14(8-10(2)15)17(13)11-4-5-11/h3,6-7,10-11H,4-5,8,15H2,1-2H3. The van der Waals surface area contributed by atoms with Gasteiger partial charge < -0.3 is 10.3 Å². The summed E-state index contributed by atoms with van der Waals surface area (Å²) in [4.78, 5) is 4.76. The summed E-state index contributed by atoms with van der Waals surface area (Å²) >= 11 is 0. The summed E-state index contributed by atoms with van der Waals surface area (Å²) in [5, 5.41) is 0. The first-order valence-corrected chi connectivity index (χ1v) is 6.38. The van der Waals surface area contributed by atoms with Crippen molar-refractivity contribution >= 4 is 11.0 Å². The number of aromatic nitrogens is 2.